The fourth-order valence-electron chi connectivity index (χ4n) is 1.85. The first-order valence-electron chi connectivity index (χ1n) is 7.31. The molecule has 2 heterocycles. The lowest BCUT2D eigenvalue weighted by molar-refractivity contribution is -0.115. The molecule has 24 heavy (non-hydrogen) atoms. The Bertz CT molecular complexity index is 817. The third kappa shape index (κ3) is 3.77. The molecule has 1 atom stereocenters. The highest BCUT2D eigenvalue weighted by Crippen LogP contribution is 2.24. The van der Waals surface area contributed by atoms with E-state index in [1.165, 1.54) is 23.1 Å². The van der Waals surface area contributed by atoms with Crippen LogP contribution in [0.25, 0.3) is 5.69 Å². The fourth-order valence-corrected chi connectivity index (χ4v) is 3.34. The predicted octanol–water partition coefficient (Wildman–Crippen LogP) is 2.20. The van der Waals surface area contributed by atoms with Crippen LogP contribution in [-0.4, -0.2) is 41.6 Å². The number of hydrogen-bond donors (Lipinski definition) is 1. The number of aromatic nitrogens is 6. The van der Waals surface area contributed by atoms with Gasteiger partial charge < -0.3 is 0 Å². The van der Waals surface area contributed by atoms with Crippen molar-refractivity contribution in [3.63, 3.8) is 0 Å². The van der Waals surface area contributed by atoms with Gasteiger partial charge in [-0.3, -0.25) is 10.1 Å². The third-order valence-electron chi connectivity index (χ3n) is 3.09. The third-order valence-corrected chi connectivity index (χ3v) is 5.11. The summed E-state index contributed by atoms with van der Waals surface area (Å²) in [7, 11) is 0. The summed E-state index contributed by atoms with van der Waals surface area (Å²) in [5.74, 6) is -0.165. The molecule has 8 nitrogen and oxygen atoms in total. The highest BCUT2D eigenvalue weighted by atomic mass is 32.2. The summed E-state index contributed by atoms with van der Waals surface area (Å²) in [5.41, 5.74) is 0.842. The minimum absolute atomic E-state index is 0.165. The lowest BCUT2D eigenvalue weighted by Crippen LogP contribution is -2.22. The second-order valence-corrected chi connectivity index (χ2v) is 7.18. The molecule has 1 amide bonds. The molecule has 10 heteroatoms. The van der Waals surface area contributed by atoms with Gasteiger partial charge in [0.15, 0.2) is 0 Å². The van der Waals surface area contributed by atoms with Crippen molar-refractivity contribution in [2.75, 3.05) is 5.32 Å². The molecule has 0 aliphatic heterocycles. The number of hydrogen-bond acceptors (Lipinski definition) is 8. The minimum Gasteiger partial charge on any atom is -0.300 e. The Hall–Kier alpha value is -2.33. The molecule has 0 saturated carbocycles. The van der Waals surface area contributed by atoms with E-state index in [-0.39, 0.29) is 11.2 Å². The van der Waals surface area contributed by atoms with Crippen LogP contribution < -0.4 is 5.32 Å². The van der Waals surface area contributed by atoms with Gasteiger partial charge in [0.2, 0.25) is 16.2 Å². The average Bonchev–Trinajstić information content (AvgIpc) is 3.24. The zero-order valence-corrected chi connectivity index (χ0v) is 14.7. The first kappa shape index (κ1) is 16.5. The van der Waals surface area contributed by atoms with Crippen LogP contribution in [0.5, 0.6) is 0 Å². The highest BCUT2D eigenvalue weighted by Gasteiger charge is 2.20. The molecule has 0 aliphatic rings. The number of amides is 1. The second kappa shape index (κ2) is 7.49. The maximum atomic E-state index is 12.3. The number of nitrogens with one attached hydrogen (secondary N) is 1. The maximum Gasteiger partial charge on any atom is 0.239 e. The van der Waals surface area contributed by atoms with Crippen LogP contribution in [0.1, 0.15) is 18.9 Å². The van der Waals surface area contributed by atoms with Crippen LogP contribution in [0.3, 0.4) is 0 Å². The van der Waals surface area contributed by atoms with E-state index in [9.17, 15) is 4.79 Å². The molecule has 124 valence electrons. The second-order valence-electron chi connectivity index (χ2n) is 4.81. The van der Waals surface area contributed by atoms with Gasteiger partial charge in [0.05, 0.1) is 10.9 Å². The zero-order valence-electron chi connectivity index (χ0n) is 13.1. The van der Waals surface area contributed by atoms with Crippen molar-refractivity contribution >= 4 is 34.1 Å². The van der Waals surface area contributed by atoms with Crippen molar-refractivity contribution < 1.29 is 4.79 Å². The van der Waals surface area contributed by atoms with Gasteiger partial charge in [-0.2, -0.15) is 4.68 Å². The van der Waals surface area contributed by atoms with Crippen molar-refractivity contribution in [1.82, 2.24) is 30.4 Å². The molecule has 1 aromatic carbocycles. The molecular weight excluding hydrogens is 346 g/mol. The first-order chi connectivity index (χ1) is 11.7. The van der Waals surface area contributed by atoms with Gasteiger partial charge in [-0.1, -0.05) is 48.2 Å². The van der Waals surface area contributed by atoms with Crippen LogP contribution in [0.2, 0.25) is 0 Å². The van der Waals surface area contributed by atoms with Gasteiger partial charge >= 0.3 is 0 Å². The largest absolute Gasteiger partial charge is 0.300 e. The molecule has 0 fully saturated rings. The first-order valence-corrected chi connectivity index (χ1v) is 9.00. The summed E-state index contributed by atoms with van der Waals surface area (Å²) in [6.45, 7) is 3.79. The molecule has 0 radical (unpaired) electrons. The quantitative estimate of drug-likeness (QED) is 0.672. The normalized spacial score (nSPS) is 12.1. The van der Waals surface area contributed by atoms with Crippen LogP contribution in [0.4, 0.5) is 5.13 Å². The van der Waals surface area contributed by atoms with Crippen molar-refractivity contribution in [2.45, 2.75) is 30.7 Å². The lowest BCUT2D eigenvalue weighted by atomic mass is 10.3. The number of aryl methyl sites for hydroxylation is 1. The molecule has 0 unspecified atom stereocenters. The Kier molecular flexibility index (Phi) is 5.16. The van der Waals surface area contributed by atoms with Gasteiger partial charge in [-0.05, 0) is 35.9 Å². The minimum atomic E-state index is -0.382. The van der Waals surface area contributed by atoms with Crippen LogP contribution in [0, 0.1) is 0 Å². The number of carbonyl (C=O) groups excluding carboxylic acids is 1. The Morgan fingerprint density at radius 1 is 1.29 bits per heavy atom. The van der Waals surface area contributed by atoms with E-state index in [1.54, 1.807) is 11.6 Å². The monoisotopic (exact) mass is 361 g/mol. The standard InChI is InChI=1S/C14H15N7OS2/c1-3-11-16-17-13(24-11)15-12(22)9(2)23-14-18-19-20-21(14)10-7-5-4-6-8-10/h4-9H,3H2,1-2H3,(H,15,17,22)/t9-/m1/s1. The molecule has 0 aliphatic carbocycles. The molecule has 0 bridgehead atoms. The number of nitrogens with zero attached hydrogens (tertiary/aromatic N) is 6. The number of benzene rings is 1. The van der Waals surface area contributed by atoms with E-state index in [0.29, 0.717) is 10.3 Å². The summed E-state index contributed by atoms with van der Waals surface area (Å²) in [5, 5.41) is 24.0. The van der Waals surface area contributed by atoms with Crippen LogP contribution in [0.15, 0.2) is 35.5 Å². The summed E-state index contributed by atoms with van der Waals surface area (Å²) in [6.07, 6.45) is 0.795. The Balaban J connectivity index is 1.68. The molecular formula is C14H15N7OS2. The smallest absolute Gasteiger partial charge is 0.239 e. The van der Waals surface area contributed by atoms with Crippen molar-refractivity contribution in [3.8, 4) is 5.69 Å². The fraction of sp³-hybridized carbons (Fsp3) is 0.286. The molecule has 1 N–H and O–H groups in total. The van der Waals surface area contributed by atoms with E-state index in [0.717, 1.165) is 17.1 Å². The Morgan fingerprint density at radius 3 is 2.79 bits per heavy atom. The zero-order chi connectivity index (χ0) is 16.9. The van der Waals surface area contributed by atoms with Gasteiger partial charge in [0.1, 0.15) is 5.01 Å². The topological polar surface area (TPSA) is 98.5 Å². The summed E-state index contributed by atoms with van der Waals surface area (Å²) >= 11 is 2.66. The predicted molar refractivity (Wildman–Crippen MR) is 92.4 cm³/mol. The van der Waals surface area contributed by atoms with E-state index in [2.05, 4.69) is 31.0 Å². The average molecular weight is 361 g/mol. The van der Waals surface area contributed by atoms with Gasteiger partial charge in [0.25, 0.3) is 0 Å². The number of rotatable bonds is 6. The van der Waals surface area contributed by atoms with Crippen molar-refractivity contribution in [1.29, 1.82) is 0 Å². The Labute approximate surface area is 146 Å². The lowest BCUT2D eigenvalue weighted by Gasteiger charge is -2.09. The molecule has 3 rings (SSSR count). The van der Waals surface area contributed by atoms with Gasteiger partial charge in [-0.25, -0.2) is 0 Å². The summed E-state index contributed by atoms with van der Waals surface area (Å²) in [6, 6.07) is 9.53. The van der Waals surface area contributed by atoms with Crippen molar-refractivity contribution in [2.24, 2.45) is 0 Å². The SMILES string of the molecule is CCc1nnc(NC(=O)[C@@H](C)Sc2nnnn2-c2ccccc2)s1. The number of tetrazole rings is 1. The van der Waals surface area contributed by atoms with E-state index in [1.807, 2.05) is 37.3 Å². The van der Waals surface area contributed by atoms with Gasteiger partial charge in [-0.15, -0.1) is 15.3 Å². The van der Waals surface area contributed by atoms with E-state index >= 15 is 0 Å². The van der Waals surface area contributed by atoms with E-state index in [4.69, 9.17) is 0 Å². The number of thioether (sulfide) groups is 1. The molecule has 2 aromatic heterocycles. The van der Waals surface area contributed by atoms with Crippen LogP contribution >= 0.6 is 23.1 Å². The summed E-state index contributed by atoms with van der Waals surface area (Å²) < 4.78 is 1.61. The molecule has 0 spiro atoms. The van der Waals surface area contributed by atoms with E-state index < -0.39 is 0 Å². The van der Waals surface area contributed by atoms with Gasteiger partial charge in [0, 0.05) is 0 Å². The maximum absolute atomic E-state index is 12.3. The van der Waals surface area contributed by atoms with Crippen LogP contribution in [-0.2, 0) is 11.2 Å². The van der Waals surface area contributed by atoms with Crippen molar-refractivity contribution in [3.05, 3.63) is 35.3 Å². The molecule has 3 aromatic rings. The number of anilines is 1. The molecule has 0 saturated heterocycles. The number of carbonyl (C=O) groups is 1. The highest BCUT2D eigenvalue weighted by molar-refractivity contribution is 8.00. The Morgan fingerprint density at radius 2 is 2.08 bits per heavy atom. The number of para-hydroxylation sites is 1. The summed E-state index contributed by atoms with van der Waals surface area (Å²) in [4.78, 5) is 12.3.